The van der Waals surface area contributed by atoms with Gasteiger partial charge in [0, 0.05) is 5.38 Å². The van der Waals surface area contributed by atoms with Crippen LogP contribution in [0.1, 0.15) is 20.0 Å². The number of nitrogens with two attached hydrogens (primary N) is 1. The fourth-order valence-corrected chi connectivity index (χ4v) is 1.79. The maximum absolute atomic E-state index is 11.2. The Balaban J connectivity index is 0.00000196. The zero-order valence-corrected chi connectivity index (χ0v) is 9.65. The average molecular weight is 251 g/mol. The van der Waals surface area contributed by atoms with E-state index in [0.717, 1.165) is 11.3 Å². The molecule has 0 aliphatic carbocycles. The third-order valence-corrected chi connectivity index (χ3v) is 2.56. The zero-order chi connectivity index (χ0) is 10.7. The van der Waals surface area contributed by atoms with E-state index in [2.05, 4.69) is 9.47 Å². The molecule has 5 nitrogen and oxygen atoms in total. The van der Waals surface area contributed by atoms with Crippen LogP contribution in [0, 0.1) is 0 Å². The van der Waals surface area contributed by atoms with Crippen molar-refractivity contribution in [2.24, 2.45) is 0 Å². The Bertz CT molecular complexity index is 377. The van der Waals surface area contributed by atoms with Crippen molar-refractivity contribution in [2.45, 2.75) is 0 Å². The fraction of sp³-hybridized carbons (Fsp3) is 0.250. The summed E-state index contributed by atoms with van der Waals surface area (Å²) in [5.74, 6) is -1.23. The van der Waals surface area contributed by atoms with E-state index in [1.807, 2.05) is 0 Å². The van der Waals surface area contributed by atoms with Crippen molar-refractivity contribution in [1.82, 2.24) is 0 Å². The van der Waals surface area contributed by atoms with E-state index < -0.39 is 11.9 Å². The maximum Gasteiger partial charge on any atom is 0.349 e. The van der Waals surface area contributed by atoms with Crippen molar-refractivity contribution in [2.75, 3.05) is 20.0 Å². The van der Waals surface area contributed by atoms with Crippen LogP contribution in [0.3, 0.4) is 0 Å². The summed E-state index contributed by atoms with van der Waals surface area (Å²) in [6.45, 7) is 0. The second kappa shape index (κ2) is 5.57. The highest BCUT2D eigenvalue weighted by Crippen LogP contribution is 2.26. The quantitative estimate of drug-likeness (QED) is 0.609. The highest BCUT2D eigenvalue weighted by atomic mass is 35.5. The van der Waals surface area contributed by atoms with Gasteiger partial charge < -0.3 is 27.6 Å². The van der Waals surface area contributed by atoms with Gasteiger partial charge in [0.1, 0.15) is 10.4 Å². The number of hydrogen-bond donors (Lipinski definition) is 1. The van der Waals surface area contributed by atoms with E-state index in [1.54, 1.807) is 0 Å². The summed E-state index contributed by atoms with van der Waals surface area (Å²) in [5.41, 5.74) is 5.81. The van der Waals surface area contributed by atoms with Crippen LogP contribution in [0.15, 0.2) is 5.38 Å². The third kappa shape index (κ3) is 2.60. The number of methoxy groups -OCH3 is 2. The molecule has 84 valence electrons. The van der Waals surface area contributed by atoms with Gasteiger partial charge in [-0.3, -0.25) is 0 Å². The number of esters is 2. The lowest BCUT2D eigenvalue weighted by Crippen LogP contribution is -3.00. The van der Waals surface area contributed by atoms with Gasteiger partial charge in [-0.15, -0.1) is 11.3 Å². The molecule has 0 unspecified atom stereocenters. The predicted molar refractivity (Wildman–Crippen MR) is 51.4 cm³/mol. The summed E-state index contributed by atoms with van der Waals surface area (Å²) in [6.07, 6.45) is 0. The van der Waals surface area contributed by atoms with Crippen molar-refractivity contribution in [1.29, 1.82) is 0 Å². The van der Waals surface area contributed by atoms with Crippen LogP contribution in [0.2, 0.25) is 0 Å². The molecule has 2 N–H and O–H groups in total. The standard InChI is InChI=1S/C8H9NO4S.ClH/c1-12-7(10)5-4(9)3-14-6(5)8(11)13-2;/h3H,9H2,1-2H3;1H/p-1. The average Bonchev–Trinajstić information content (AvgIpc) is 2.58. The van der Waals surface area contributed by atoms with Crippen LogP contribution < -0.4 is 18.1 Å². The Morgan fingerprint density at radius 2 is 1.80 bits per heavy atom. The van der Waals surface area contributed by atoms with E-state index in [1.165, 1.54) is 19.6 Å². The van der Waals surface area contributed by atoms with Gasteiger partial charge in [0.25, 0.3) is 0 Å². The maximum atomic E-state index is 11.2. The molecule has 0 aromatic carbocycles. The number of hydrogen-bond acceptors (Lipinski definition) is 6. The van der Waals surface area contributed by atoms with Gasteiger partial charge in [0.05, 0.1) is 19.9 Å². The Kier molecular flexibility index (Phi) is 5.10. The fourth-order valence-electron chi connectivity index (χ4n) is 0.927. The Morgan fingerprint density at radius 3 is 2.27 bits per heavy atom. The van der Waals surface area contributed by atoms with Gasteiger partial charge in [-0.1, -0.05) is 0 Å². The molecule has 0 aliphatic rings. The number of anilines is 1. The van der Waals surface area contributed by atoms with E-state index >= 15 is 0 Å². The molecule has 15 heavy (non-hydrogen) atoms. The Labute approximate surface area is 96.6 Å². The second-order valence-corrected chi connectivity index (χ2v) is 3.26. The summed E-state index contributed by atoms with van der Waals surface area (Å²) < 4.78 is 8.98. The number of rotatable bonds is 2. The van der Waals surface area contributed by atoms with Crippen molar-refractivity contribution in [3.63, 3.8) is 0 Å². The number of halogens is 1. The first-order valence-corrected chi connectivity index (χ1v) is 4.53. The molecule has 0 atom stereocenters. The molecular weight excluding hydrogens is 242 g/mol. The van der Waals surface area contributed by atoms with Crippen LogP contribution in [0.4, 0.5) is 5.69 Å². The molecule has 0 bridgehead atoms. The third-order valence-electron chi connectivity index (χ3n) is 1.58. The molecule has 1 aromatic rings. The van der Waals surface area contributed by atoms with Gasteiger partial charge in [-0.2, -0.15) is 0 Å². The molecule has 0 fully saturated rings. The first kappa shape index (κ1) is 13.7. The first-order chi connectivity index (χ1) is 6.61. The lowest BCUT2D eigenvalue weighted by Gasteiger charge is -2.01. The highest BCUT2D eigenvalue weighted by molar-refractivity contribution is 7.13. The minimum Gasteiger partial charge on any atom is -1.00 e. The van der Waals surface area contributed by atoms with Crippen molar-refractivity contribution in [3.8, 4) is 0 Å². The summed E-state index contributed by atoms with van der Waals surface area (Å²) in [5, 5.41) is 1.50. The van der Waals surface area contributed by atoms with Crippen molar-refractivity contribution < 1.29 is 31.5 Å². The van der Waals surface area contributed by atoms with Crippen LogP contribution in [0.25, 0.3) is 0 Å². The molecule has 1 aromatic heterocycles. The number of thiophene rings is 1. The molecule has 0 spiro atoms. The molecule has 0 saturated heterocycles. The van der Waals surface area contributed by atoms with Crippen LogP contribution in [-0.2, 0) is 9.47 Å². The van der Waals surface area contributed by atoms with Gasteiger partial charge in [-0.05, 0) is 0 Å². The van der Waals surface area contributed by atoms with Crippen LogP contribution >= 0.6 is 11.3 Å². The summed E-state index contributed by atoms with van der Waals surface area (Å²) in [6, 6.07) is 0. The number of carbonyl (C=O) groups is 2. The largest absolute Gasteiger partial charge is 1.00 e. The van der Waals surface area contributed by atoms with E-state index in [-0.39, 0.29) is 28.5 Å². The lowest BCUT2D eigenvalue weighted by molar-refractivity contribution is -0.0000305. The van der Waals surface area contributed by atoms with Crippen molar-refractivity contribution >= 4 is 29.0 Å². The SMILES string of the molecule is COC(=O)c1scc(N)c1C(=O)OC.[Cl-]. The Morgan fingerprint density at radius 1 is 1.27 bits per heavy atom. The summed E-state index contributed by atoms with van der Waals surface area (Å²) in [4.78, 5) is 22.6. The summed E-state index contributed by atoms with van der Waals surface area (Å²) >= 11 is 1.05. The zero-order valence-electron chi connectivity index (χ0n) is 8.07. The van der Waals surface area contributed by atoms with Crippen molar-refractivity contribution in [3.05, 3.63) is 15.8 Å². The molecule has 0 radical (unpaired) electrons. The van der Waals surface area contributed by atoms with Gasteiger partial charge in [-0.25, -0.2) is 9.59 Å². The van der Waals surface area contributed by atoms with E-state index in [0.29, 0.717) is 0 Å². The molecule has 0 amide bonds. The first-order valence-electron chi connectivity index (χ1n) is 3.65. The number of ether oxygens (including phenoxy) is 2. The number of carbonyl (C=O) groups excluding carboxylic acids is 2. The van der Waals surface area contributed by atoms with E-state index in [9.17, 15) is 9.59 Å². The van der Waals surface area contributed by atoms with Gasteiger partial charge in [0.15, 0.2) is 0 Å². The molecule has 0 aliphatic heterocycles. The van der Waals surface area contributed by atoms with Gasteiger partial charge in [0.2, 0.25) is 0 Å². The normalized spacial score (nSPS) is 8.93. The van der Waals surface area contributed by atoms with E-state index in [4.69, 9.17) is 5.73 Å². The predicted octanol–water partition coefficient (Wildman–Crippen LogP) is -2.09. The minimum atomic E-state index is -0.635. The molecule has 1 heterocycles. The second-order valence-electron chi connectivity index (χ2n) is 2.38. The number of nitrogen functional groups attached to an aromatic ring is 1. The summed E-state index contributed by atoms with van der Waals surface area (Å²) in [7, 11) is 2.46. The van der Waals surface area contributed by atoms with Crippen LogP contribution in [0.5, 0.6) is 0 Å². The Hall–Kier alpha value is -1.27. The van der Waals surface area contributed by atoms with Crippen LogP contribution in [-0.4, -0.2) is 26.2 Å². The highest BCUT2D eigenvalue weighted by Gasteiger charge is 2.23. The molecule has 1 rings (SSSR count). The topological polar surface area (TPSA) is 78.6 Å². The lowest BCUT2D eigenvalue weighted by atomic mass is 10.2. The minimum absolute atomic E-state index is 0. The molecule has 7 heteroatoms. The molecular formula is C8H9ClNO4S-. The van der Waals surface area contributed by atoms with Gasteiger partial charge >= 0.3 is 11.9 Å². The smallest absolute Gasteiger partial charge is 0.349 e. The molecule has 0 saturated carbocycles. The monoisotopic (exact) mass is 250 g/mol.